The molecule has 9 nitrogen and oxygen atoms in total. The predicted molar refractivity (Wildman–Crippen MR) is 132 cm³/mol. The molecule has 2 saturated heterocycles. The summed E-state index contributed by atoms with van der Waals surface area (Å²) in [5.74, 6) is -0.345. The molecule has 9 heteroatoms. The highest BCUT2D eigenvalue weighted by Crippen LogP contribution is 2.30. The Balaban J connectivity index is 1.22. The third-order valence-electron chi connectivity index (χ3n) is 7.30. The second-order valence-corrected chi connectivity index (χ2v) is 9.76. The Morgan fingerprint density at radius 3 is 2.78 bits per heavy atom. The summed E-state index contributed by atoms with van der Waals surface area (Å²) in [6.07, 6.45) is 3.57. The Morgan fingerprint density at radius 1 is 1.11 bits per heavy atom. The van der Waals surface area contributed by atoms with E-state index in [1.165, 1.54) is 4.90 Å². The first-order chi connectivity index (χ1) is 17.9. The summed E-state index contributed by atoms with van der Waals surface area (Å²) in [6, 6.07) is 13.8. The van der Waals surface area contributed by atoms with E-state index in [1.54, 1.807) is 30.3 Å². The number of hydrogen-bond donors (Lipinski definition) is 1. The predicted octanol–water partition coefficient (Wildman–Crippen LogP) is 2.32. The summed E-state index contributed by atoms with van der Waals surface area (Å²) in [7, 11) is 0. The van der Waals surface area contributed by atoms with Gasteiger partial charge in [-0.05, 0) is 67.1 Å². The van der Waals surface area contributed by atoms with Gasteiger partial charge < -0.3 is 14.5 Å². The van der Waals surface area contributed by atoms with Gasteiger partial charge in [0.2, 0.25) is 17.7 Å². The minimum Gasteiger partial charge on any atom is -0.491 e. The van der Waals surface area contributed by atoms with Gasteiger partial charge in [0, 0.05) is 25.1 Å². The summed E-state index contributed by atoms with van der Waals surface area (Å²) in [6.45, 7) is 1.30. The van der Waals surface area contributed by atoms with Crippen LogP contribution in [0.5, 0.6) is 5.75 Å². The Kier molecular flexibility index (Phi) is 6.91. The van der Waals surface area contributed by atoms with Crippen molar-refractivity contribution >= 4 is 23.6 Å². The quantitative estimate of drug-likeness (QED) is 0.608. The number of ether oxygens (including phenoxy) is 1. The third-order valence-corrected chi connectivity index (χ3v) is 7.30. The minimum absolute atomic E-state index is 0.0165. The van der Waals surface area contributed by atoms with Crippen molar-refractivity contribution in [3.63, 3.8) is 0 Å². The number of nitrogens with zero attached hydrogens (tertiary/aromatic N) is 3. The van der Waals surface area contributed by atoms with Gasteiger partial charge in [-0.1, -0.05) is 12.1 Å². The molecule has 2 atom stereocenters. The van der Waals surface area contributed by atoms with E-state index < -0.39 is 11.9 Å². The monoisotopic (exact) mass is 500 g/mol. The number of imide groups is 1. The zero-order valence-corrected chi connectivity index (χ0v) is 20.4. The average molecular weight is 501 g/mol. The Hall–Kier alpha value is -4.19. The summed E-state index contributed by atoms with van der Waals surface area (Å²) < 4.78 is 6.10. The van der Waals surface area contributed by atoms with Crippen LogP contribution < -0.4 is 10.1 Å². The van der Waals surface area contributed by atoms with E-state index in [9.17, 15) is 19.2 Å². The minimum atomic E-state index is -0.655. The largest absolute Gasteiger partial charge is 0.491 e. The first-order valence-electron chi connectivity index (χ1n) is 12.6. The van der Waals surface area contributed by atoms with E-state index in [0.29, 0.717) is 36.4 Å². The van der Waals surface area contributed by atoms with E-state index >= 15 is 0 Å². The number of carbonyl (C=O) groups excluding carboxylic acids is 4. The number of hydrogen-bond acceptors (Lipinski definition) is 6. The summed E-state index contributed by atoms with van der Waals surface area (Å²) in [4.78, 5) is 53.1. The van der Waals surface area contributed by atoms with Gasteiger partial charge in [0.15, 0.2) is 0 Å². The standard InChI is InChI=1S/C28H28N4O5/c29-15-19-5-3-4-18(12-19)13-26(34)31-11-2-1-6-21(31)17-37-22-7-8-23-20(14-22)16-32(28(23)36)24-9-10-25(33)30-27(24)35/h3-5,7-8,12,14,21,24H,1-2,6,9-11,13,16-17H2,(H,30,33,35)/t21-,24?/m0/s1. The molecule has 1 unspecified atom stereocenters. The summed E-state index contributed by atoms with van der Waals surface area (Å²) in [5.41, 5.74) is 2.67. The lowest BCUT2D eigenvalue weighted by Gasteiger charge is -2.35. The zero-order chi connectivity index (χ0) is 25.9. The van der Waals surface area contributed by atoms with Gasteiger partial charge in [-0.3, -0.25) is 24.5 Å². The molecule has 1 N–H and O–H groups in total. The number of fused-ring (bicyclic) bond motifs is 1. The van der Waals surface area contributed by atoms with Crippen molar-refractivity contribution in [1.29, 1.82) is 5.26 Å². The highest BCUT2D eigenvalue weighted by atomic mass is 16.5. The van der Waals surface area contributed by atoms with Crippen LogP contribution in [-0.2, 0) is 27.3 Å². The van der Waals surface area contributed by atoms with Gasteiger partial charge in [0.1, 0.15) is 18.4 Å². The lowest BCUT2D eigenvalue weighted by Crippen LogP contribution is -2.52. The summed E-state index contributed by atoms with van der Waals surface area (Å²) >= 11 is 0. The number of rotatable bonds is 6. The van der Waals surface area contributed by atoms with Crippen molar-refractivity contribution in [2.45, 2.75) is 57.2 Å². The normalized spacial score (nSPS) is 21.3. The number of carbonyl (C=O) groups is 4. The first-order valence-corrected chi connectivity index (χ1v) is 12.6. The van der Waals surface area contributed by atoms with Crippen molar-refractivity contribution < 1.29 is 23.9 Å². The maximum Gasteiger partial charge on any atom is 0.255 e. The molecule has 190 valence electrons. The van der Waals surface area contributed by atoms with Crippen LogP contribution in [0.15, 0.2) is 42.5 Å². The van der Waals surface area contributed by atoms with Crippen molar-refractivity contribution in [3.05, 3.63) is 64.7 Å². The van der Waals surface area contributed by atoms with E-state index in [2.05, 4.69) is 11.4 Å². The Labute approximate surface area is 215 Å². The fraction of sp³-hybridized carbons (Fsp3) is 0.393. The Morgan fingerprint density at radius 2 is 1.97 bits per heavy atom. The van der Waals surface area contributed by atoms with Crippen LogP contribution in [-0.4, -0.2) is 58.7 Å². The van der Waals surface area contributed by atoms with E-state index in [1.807, 2.05) is 17.0 Å². The number of likely N-dealkylation sites (tertiary alicyclic amines) is 1. The van der Waals surface area contributed by atoms with Crippen molar-refractivity contribution in [1.82, 2.24) is 15.1 Å². The number of nitriles is 1. The van der Waals surface area contributed by atoms with Crippen molar-refractivity contribution in [3.8, 4) is 11.8 Å². The number of piperidine rings is 2. The van der Waals surface area contributed by atoms with Gasteiger partial charge in [0.25, 0.3) is 5.91 Å². The molecule has 3 aliphatic heterocycles. The molecule has 0 aliphatic carbocycles. The van der Waals surface area contributed by atoms with Crippen LogP contribution >= 0.6 is 0 Å². The third kappa shape index (κ3) is 5.19. The van der Waals surface area contributed by atoms with Gasteiger partial charge in [-0.15, -0.1) is 0 Å². The van der Waals surface area contributed by atoms with Crippen LogP contribution in [0.25, 0.3) is 0 Å². The number of nitrogens with one attached hydrogen (secondary N) is 1. The van der Waals surface area contributed by atoms with Crippen LogP contribution in [0.1, 0.15) is 59.2 Å². The van der Waals surface area contributed by atoms with E-state index in [4.69, 9.17) is 10.00 Å². The van der Waals surface area contributed by atoms with E-state index in [0.717, 1.165) is 30.4 Å². The molecule has 37 heavy (non-hydrogen) atoms. The molecule has 5 rings (SSSR count). The zero-order valence-electron chi connectivity index (χ0n) is 20.4. The van der Waals surface area contributed by atoms with Crippen LogP contribution in [0, 0.1) is 11.3 Å². The first kappa shape index (κ1) is 24.5. The molecular weight excluding hydrogens is 472 g/mol. The van der Waals surface area contributed by atoms with Gasteiger partial charge in [0.05, 0.1) is 24.1 Å². The van der Waals surface area contributed by atoms with Gasteiger partial charge >= 0.3 is 0 Å². The van der Waals surface area contributed by atoms with Crippen molar-refractivity contribution in [2.75, 3.05) is 13.2 Å². The molecule has 0 spiro atoms. The Bertz CT molecular complexity index is 1300. The maximum absolute atomic E-state index is 13.1. The SMILES string of the molecule is N#Cc1cccc(CC(=O)N2CCCC[C@H]2COc2ccc3c(c2)CN(C2CCC(=O)NC2=O)C3=O)c1. The second-order valence-electron chi connectivity index (χ2n) is 9.76. The van der Waals surface area contributed by atoms with Crippen molar-refractivity contribution in [2.24, 2.45) is 0 Å². The second kappa shape index (κ2) is 10.4. The molecule has 4 amide bonds. The lowest BCUT2D eigenvalue weighted by atomic mass is 10.0. The van der Waals surface area contributed by atoms with Crippen LogP contribution in [0.2, 0.25) is 0 Å². The molecule has 2 aromatic carbocycles. The van der Waals surface area contributed by atoms with Gasteiger partial charge in [-0.25, -0.2) is 0 Å². The van der Waals surface area contributed by atoms with Crippen LogP contribution in [0.4, 0.5) is 0 Å². The number of benzene rings is 2. The highest BCUT2D eigenvalue weighted by Gasteiger charge is 2.39. The lowest BCUT2D eigenvalue weighted by molar-refractivity contribution is -0.137. The fourth-order valence-electron chi connectivity index (χ4n) is 5.36. The van der Waals surface area contributed by atoms with Gasteiger partial charge in [-0.2, -0.15) is 5.26 Å². The topological polar surface area (TPSA) is 120 Å². The molecule has 2 aromatic rings. The smallest absolute Gasteiger partial charge is 0.255 e. The van der Waals surface area contributed by atoms with Crippen LogP contribution in [0.3, 0.4) is 0 Å². The highest BCUT2D eigenvalue weighted by molar-refractivity contribution is 6.05. The maximum atomic E-state index is 13.1. The molecule has 3 heterocycles. The molecule has 0 saturated carbocycles. The fourth-order valence-corrected chi connectivity index (χ4v) is 5.36. The average Bonchev–Trinajstić information content (AvgIpc) is 3.23. The molecule has 0 radical (unpaired) electrons. The molecule has 3 aliphatic rings. The number of amides is 4. The molecule has 2 fully saturated rings. The molecule has 0 bridgehead atoms. The van der Waals surface area contributed by atoms with E-state index in [-0.39, 0.29) is 43.1 Å². The summed E-state index contributed by atoms with van der Waals surface area (Å²) in [5, 5.41) is 11.4. The molecule has 0 aromatic heterocycles. The molecular formula is C28H28N4O5.